The molecule has 0 aliphatic carbocycles. The summed E-state index contributed by atoms with van der Waals surface area (Å²) in [5.74, 6) is -1.86. The number of nitrogens with zero attached hydrogens (tertiary/aromatic N) is 3. The van der Waals surface area contributed by atoms with E-state index in [1.54, 1.807) is 19.1 Å². The van der Waals surface area contributed by atoms with Crippen molar-refractivity contribution < 1.29 is 26.2 Å². The van der Waals surface area contributed by atoms with Crippen molar-refractivity contribution in [3.05, 3.63) is 99.5 Å². The van der Waals surface area contributed by atoms with Crippen LogP contribution in [0.2, 0.25) is 0 Å². The molecule has 0 N–H and O–H groups in total. The third-order valence-electron chi connectivity index (χ3n) is 5.79. The summed E-state index contributed by atoms with van der Waals surface area (Å²) in [5.41, 5.74) is -2.43. The van der Waals surface area contributed by atoms with Crippen molar-refractivity contribution in [3.8, 4) is 27.1 Å². The van der Waals surface area contributed by atoms with E-state index in [1.165, 1.54) is 24.6 Å². The molecule has 5 nitrogen and oxygen atoms in total. The predicted molar refractivity (Wildman–Crippen MR) is 139 cm³/mol. The molecule has 0 spiro atoms. The van der Waals surface area contributed by atoms with Gasteiger partial charge in [0.15, 0.2) is 0 Å². The van der Waals surface area contributed by atoms with Gasteiger partial charge in [-0.1, -0.05) is 12.6 Å². The van der Waals surface area contributed by atoms with E-state index in [-0.39, 0.29) is 16.1 Å². The Morgan fingerprint density at radius 1 is 1.15 bits per heavy atom. The van der Waals surface area contributed by atoms with Gasteiger partial charge < -0.3 is 4.57 Å². The maximum atomic E-state index is 14.4. The van der Waals surface area contributed by atoms with Crippen LogP contribution >= 0.6 is 11.3 Å². The molecule has 0 bridgehead atoms. The Morgan fingerprint density at radius 3 is 2.44 bits per heavy atom. The van der Waals surface area contributed by atoms with E-state index in [0.29, 0.717) is 38.7 Å². The van der Waals surface area contributed by atoms with Crippen LogP contribution in [0.25, 0.3) is 26.6 Å². The van der Waals surface area contributed by atoms with Crippen molar-refractivity contribution in [2.75, 3.05) is 6.26 Å². The van der Waals surface area contributed by atoms with Gasteiger partial charge >= 0.3 is 6.18 Å². The van der Waals surface area contributed by atoms with Crippen LogP contribution < -0.4 is 5.56 Å². The largest absolute Gasteiger partial charge is 0.417 e. The van der Waals surface area contributed by atoms with Gasteiger partial charge in [0.2, 0.25) is 0 Å². The maximum absolute atomic E-state index is 14.4. The average molecular weight is 576 g/mol. The van der Waals surface area contributed by atoms with Crippen LogP contribution in [0.5, 0.6) is 0 Å². The number of pyridine rings is 2. The number of halogens is 5. The fourth-order valence-corrected chi connectivity index (χ4v) is 5.67. The predicted octanol–water partition coefficient (Wildman–Crippen LogP) is 6.63. The second kappa shape index (κ2) is 10.7. The third-order valence-corrected chi connectivity index (χ3v) is 7.81. The molecule has 39 heavy (non-hydrogen) atoms. The summed E-state index contributed by atoms with van der Waals surface area (Å²) in [6, 6.07) is 9.44. The SMILES string of the molecule is C=C(C)c1cc(-c2ccc(-c3cc(C(F)(F)F)c(C#N)c(=O)n3Cc3ccc(F)cc3F)s2)cnc1S(C)=O. The molecule has 12 heteroatoms. The molecule has 1 aromatic carbocycles. The topological polar surface area (TPSA) is 75.8 Å². The van der Waals surface area contributed by atoms with E-state index in [2.05, 4.69) is 11.6 Å². The fraction of sp³-hybridized carbons (Fsp3) is 0.148. The highest BCUT2D eigenvalue weighted by molar-refractivity contribution is 7.84. The molecule has 0 saturated carbocycles. The molecule has 3 heterocycles. The zero-order chi connectivity index (χ0) is 28.6. The Hall–Kier alpha value is -3.95. The van der Waals surface area contributed by atoms with Gasteiger partial charge in [-0.05, 0) is 42.8 Å². The van der Waals surface area contributed by atoms with E-state index in [1.807, 2.05) is 0 Å². The lowest BCUT2D eigenvalue weighted by Crippen LogP contribution is -2.28. The first-order valence-corrected chi connectivity index (χ1v) is 13.5. The number of thiophene rings is 1. The van der Waals surface area contributed by atoms with Gasteiger partial charge in [0, 0.05) is 40.1 Å². The summed E-state index contributed by atoms with van der Waals surface area (Å²) in [6.45, 7) is 5.06. The average Bonchev–Trinajstić information content (AvgIpc) is 3.35. The monoisotopic (exact) mass is 575 g/mol. The molecule has 0 amide bonds. The van der Waals surface area contributed by atoms with Gasteiger partial charge in [-0.3, -0.25) is 9.00 Å². The molecule has 4 rings (SSSR count). The van der Waals surface area contributed by atoms with Crippen molar-refractivity contribution in [3.63, 3.8) is 0 Å². The normalized spacial score (nSPS) is 12.3. The van der Waals surface area contributed by atoms with Crippen molar-refractivity contribution >= 4 is 27.7 Å². The molecule has 0 aliphatic heterocycles. The van der Waals surface area contributed by atoms with Crippen LogP contribution in [0.15, 0.2) is 65.1 Å². The number of hydrogen-bond donors (Lipinski definition) is 0. The summed E-state index contributed by atoms with van der Waals surface area (Å²) in [5, 5.41) is 9.70. The minimum atomic E-state index is -5.01. The molecule has 0 saturated heterocycles. The number of nitriles is 1. The standard InChI is InChI=1S/C27H18F5N3O2S2/c1-14(2)18-8-16(12-34-25(18)39(3)37)23-6-7-24(38-23)22-10-20(27(30,31)32)19(11-33)26(36)35(22)13-15-4-5-17(28)9-21(15)29/h4-10,12H,1,13H2,2-3H3. The molecule has 0 aliphatic rings. The van der Waals surface area contributed by atoms with Crippen molar-refractivity contribution in [1.29, 1.82) is 5.26 Å². The molecule has 0 fully saturated rings. The summed E-state index contributed by atoms with van der Waals surface area (Å²) < 4.78 is 82.3. The van der Waals surface area contributed by atoms with Gasteiger partial charge in [-0.2, -0.15) is 18.4 Å². The van der Waals surface area contributed by atoms with E-state index in [0.717, 1.165) is 28.0 Å². The smallest absolute Gasteiger partial charge is 0.302 e. The molecule has 200 valence electrons. The highest BCUT2D eigenvalue weighted by Gasteiger charge is 2.37. The summed E-state index contributed by atoms with van der Waals surface area (Å²) in [4.78, 5) is 18.2. The van der Waals surface area contributed by atoms with E-state index in [4.69, 9.17) is 0 Å². The Balaban J connectivity index is 1.92. The first-order valence-electron chi connectivity index (χ1n) is 11.1. The van der Waals surface area contributed by atoms with Gasteiger partial charge in [0.05, 0.1) is 33.5 Å². The second-order valence-corrected chi connectivity index (χ2v) is 10.9. The number of aromatic nitrogens is 2. The van der Waals surface area contributed by atoms with E-state index >= 15 is 0 Å². The lowest BCUT2D eigenvalue weighted by molar-refractivity contribution is -0.137. The molecule has 1 unspecified atom stereocenters. The quantitative estimate of drug-likeness (QED) is 0.242. The van der Waals surface area contributed by atoms with Gasteiger partial charge in [0.25, 0.3) is 5.56 Å². The minimum Gasteiger partial charge on any atom is -0.302 e. The maximum Gasteiger partial charge on any atom is 0.417 e. The first kappa shape index (κ1) is 28.1. The van der Waals surface area contributed by atoms with Gasteiger partial charge in [-0.25, -0.2) is 13.8 Å². The molecular weight excluding hydrogens is 557 g/mol. The highest BCUT2D eigenvalue weighted by Crippen LogP contribution is 2.39. The second-order valence-electron chi connectivity index (χ2n) is 8.53. The van der Waals surface area contributed by atoms with Crippen molar-refractivity contribution in [1.82, 2.24) is 9.55 Å². The van der Waals surface area contributed by atoms with Crippen molar-refractivity contribution in [2.45, 2.75) is 24.7 Å². The molecule has 4 aromatic rings. The summed E-state index contributed by atoms with van der Waals surface area (Å²) >= 11 is 1.04. The van der Waals surface area contributed by atoms with Gasteiger partial charge in [0.1, 0.15) is 28.3 Å². The van der Waals surface area contributed by atoms with Crippen LogP contribution in [-0.4, -0.2) is 20.0 Å². The van der Waals surface area contributed by atoms with Crippen LogP contribution in [-0.2, 0) is 23.5 Å². The molecular formula is C27H18F5N3O2S2. The molecule has 3 aromatic heterocycles. The van der Waals surface area contributed by atoms with E-state index < -0.39 is 51.8 Å². The lowest BCUT2D eigenvalue weighted by Gasteiger charge is -2.17. The van der Waals surface area contributed by atoms with Crippen LogP contribution in [0.4, 0.5) is 22.0 Å². The summed E-state index contributed by atoms with van der Waals surface area (Å²) in [6.07, 6.45) is -2.06. The Labute approximate surface area is 226 Å². The number of benzene rings is 1. The Kier molecular flexibility index (Phi) is 7.68. The van der Waals surface area contributed by atoms with Crippen LogP contribution in [0.3, 0.4) is 0 Å². The number of allylic oxidation sites excluding steroid dienone is 1. The molecule has 0 radical (unpaired) electrons. The third kappa shape index (κ3) is 5.60. The number of rotatable bonds is 6. The molecule has 1 atom stereocenters. The lowest BCUT2D eigenvalue weighted by atomic mass is 10.1. The first-order chi connectivity index (χ1) is 18.3. The van der Waals surface area contributed by atoms with Gasteiger partial charge in [-0.15, -0.1) is 11.3 Å². The van der Waals surface area contributed by atoms with Crippen LogP contribution in [0.1, 0.15) is 29.2 Å². The number of alkyl halides is 3. The van der Waals surface area contributed by atoms with Crippen molar-refractivity contribution in [2.24, 2.45) is 0 Å². The highest BCUT2D eigenvalue weighted by atomic mass is 32.2. The minimum absolute atomic E-state index is 0.154. The van der Waals surface area contributed by atoms with Crippen LogP contribution in [0, 0.1) is 23.0 Å². The van der Waals surface area contributed by atoms with E-state index in [9.17, 15) is 36.2 Å². The summed E-state index contributed by atoms with van der Waals surface area (Å²) in [7, 11) is -1.39. The fourth-order valence-electron chi connectivity index (χ4n) is 3.91. The Bertz CT molecular complexity index is 1750. The number of hydrogen-bond acceptors (Lipinski definition) is 5. The zero-order valence-corrected chi connectivity index (χ0v) is 22.0. The zero-order valence-electron chi connectivity index (χ0n) is 20.4. The Morgan fingerprint density at radius 2 is 1.85 bits per heavy atom.